The Bertz CT molecular complexity index is 898. The molecule has 0 aliphatic carbocycles. The third-order valence-corrected chi connectivity index (χ3v) is 3.86. The van der Waals surface area contributed by atoms with Gasteiger partial charge >= 0.3 is 6.18 Å². The zero-order valence-corrected chi connectivity index (χ0v) is 12.8. The van der Waals surface area contributed by atoms with E-state index in [4.69, 9.17) is 11.6 Å². The fourth-order valence-corrected chi connectivity index (χ4v) is 2.87. The largest absolute Gasteiger partial charge is 0.418 e. The van der Waals surface area contributed by atoms with E-state index in [-0.39, 0.29) is 22.4 Å². The Balaban J connectivity index is 2.43. The molecule has 0 bridgehead atoms. The standard InChI is InChI=1S/C15H10ClF4N3/c1-7-10-11(15(18,19)20)12(16)13(21-14(10)23(2)22-7)8-3-5-9(17)6-4-8/h3-6H,1-2H3. The Morgan fingerprint density at radius 2 is 1.74 bits per heavy atom. The number of nitrogens with zero attached hydrogens (tertiary/aromatic N) is 3. The molecule has 0 aliphatic rings. The van der Waals surface area contributed by atoms with Crippen LogP contribution in [0.15, 0.2) is 24.3 Å². The first-order valence-corrected chi connectivity index (χ1v) is 6.94. The van der Waals surface area contributed by atoms with Crippen LogP contribution in [-0.4, -0.2) is 14.8 Å². The van der Waals surface area contributed by atoms with Crippen LogP contribution in [0.5, 0.6) is 0 Å². The molecule has 0 aliphatic heterocycles. The highest BCUT2D eigenvalue weighted by molar-refractivity contribution is 6.35. The lowest BCUT2D eigenvalue weighted by atomic mass is 10.0. The third-order valence-electron chi connectivity index (χ3n) is 3.49. The smallest absolute Gasteiger partial charge is 0.250 e. The Kier molecular flexibility index (Phi) is 3.55. The highest BCUT2D eigenvalue weighted by Crippen LogP contribution is 2.43. The van der Waals surface area contributed by atoms with Crippen molar-refractivity contribution in [1.82, 2.24) is 14.8 Å². The van der Waals surface area contributed by atoms with Gasteiger partial charge in [0.2, 0.25) is 0 Å². The van der Waals surface area contributed by atoms with E-state index in [0.717, 1.165) is 12.1 Å². The van der Waals surface area contributed by atoms with Crippen molar-refractivity contribution < 1.29 is 17.6 Å². The van der Waals surface area contributed by atoms with Gasteiger partial charge in [-0.25, -0.2) is 9.37 Å². The van der Waals surface area contributed by atoms with Crippen LogP contribution in [0.2, 0.25) is 5.02 Å². The van der Waals surface area contributed by atoms with E-state index in [1.807, 2.05) is 0 Å². The van der Waals surface area contributed by atoms with Gasteiger partial charge in [0.25, 0.3) is 0 Å². The Morgan fingerprint density at radius 1 is 1.13 bits per heavy atom. The lowest BCUT2D eigenvalue weighted by molar-refractivity contribution is -0.136. The van der Waals surface area contributed by atoms with Crippen molar-refractivity contribution in [2.75, 3.05) is 0 Å². The SMILES string of the molecule is Cc1nn(C)c2nc(-c3ccc(F)cc3)c(Cl)c(C(F)(F)F)c12. The van der Waals surface area contributed by atoms with Gasteiger partial charge in [-0.05, 0) is 31.2 Å². The molecule has 0 spiro atoms. The number of halogens is 5. The summed E-state index contributed by atoms with van der Waals surface area (Å²) in [6, 6.07) is 4.94. The summed E-state index contributed by atoms with van der Waals surface area (Å²) in [5.74, 6) is -0.502. The zero-order chi connectivity index (χ0) is 16.9. The maximum absolute atomic E-state index is 13.5. The van der Waals surface area contributed by atoms with E-state index in [2.05, 4.69) is 10.1 Å². The summed E-state index contributed by atoms with van der Waals surface area (Å²) in [6.45, 7) is 1.47. The summed E-state index contributed by atoms with van der Waals surface area (Å²) in [7, 11) is 1.50. The molecule has 8 heteroatoms. The monoisotopic (exact) mass is 343 g/mol. The molecule has 3 aromatic rings. The Labute approximate surface area is 133 Å². The summed E-state index contributed by atoms with van der Waals surface area (Å²) < 4.78 is 54.9. The molecular formula is C15H10ClF4N3. The molecule has 0 saturated heterocycles. The van der Waals surface area contributed by atoms with Gasteiger partial charge in [-0.1, -0.05) is 11.6 Å². The predicted octanol–water partition coefficient (Wildman–Crippen LogP) is 4.76. The van der Waals surface area contributed by atoms with Crippen molar-refractivity contribution in [1.29, 1.82) is 0 Å². The number of pyridine rings is 1. The minimum Gasteiger partial charge on any atom is -0.250 e. The van der Waals surface area contributed by atoms with E-state index < -0.39 is 22.6 Å². The second-order valence-corrected chi connectivity index (χ2v) is 5.44. The molecule has 2 heterocycles. The van der Waals surface area contributed by atoms with E-state index >= 15 is 0 Å². The molecular weight excluding hydrogens is 334 g/mol. The van der Waals surface area contributed by atoms with Crippen molar-refractivity contribution in [2.45, 2.75) is 13.1 Å². The minimum absolute atomic E-state index is 0.0607. The average molecular weight is 344 g/mol. The van der Waals surface area contributed by atoms with Gasteiger partial charge in [-0.2, -0.15) is 18.3 Å². The molecule has 1 aromatic carbocycles. The summed E-state index contributed by atoms with van der Waals surface area (Å²) >= 11 is 6.01. The van der Waals surface area contributed by atoms with E-state index in [9.17, 15) is 17.6 Å². The van der Waals surface area contributed by atoms with Gasteiger partial charge in [0.05, 0.1) is 27.4 Å². The van der Waals surface area contributed by atoms with Crippen LogP contribution in [-0.2, 0) is 13.2 Å². The van der Waals surface area contributed by atoms with Crippen LogP contribution in [0.1, 0.15) is 11.3 Å². The second-order valence-electron chi connectivity index (χ2n) is 5.06. The molecule has 0 unspecified atom stereocenters. The van der Waals surface area contributed by atoms with Gasteiger partial charge in [0, 0.05) is 12.6 Å². The molecule has 0 fully saturated rings. The number of alkyl halides is 3. The third kappa shape index (κ3) is 2.55. The van der Waals surface area contributed by atoms with Crippen LogP contribution >= 0.6 is 11.6 Å². The summed E-state index contributed by atoms with van der Waals surface area (Å²) in [5, 5.41) is 3.34. The number of aryl methyl sites for hydroxylation is 2. The van der Waals surface area contributed by atoms with Gasteiger partial charge in [0.15, 0.2) is 5.65 Å². The topological polar surface area (TPSA) is 30.7 Å². The zero-order valence-electron chi connectivity index (χ0n) is 12.0. The number of fused-ring (bicyclic) bond motifs is 1. The maximum atomic E-state index is 13.5. The van der Waals surface area contributed by atoms with Crippen molar-refractivity contribution in [3.63, 3.8) is 0 Å². The van der Waals surface area contributed by atoms with E-state index in [0.29, 0.717) is 5.56 Å². The molecule has 0 N–H and O–H groups in total. The van der Waals surface area contributed by atoms with Crippen LogP contribution in [0.3, 0.4) is 0 Å². The van der Waals surface area contributed by atoms with Gasteiger partial charge in [-0.15, -0.1) is 0 Å². The lowest BCUT2D eigenvalue weighted by Gasteiger charge is -2.14. The number of benzene rings is 1. The first-order valence-electron chi connectivity index (χ1n) is 6.56. The first-order chi connectivity index (χ1) is 10.7. The molecule has 0 saturated carbocycles. The Morgan fingerprint density at radius 3 is 2.30 bits per heavy atom. The molecule has 2 aromatic heterocycles. The lowest BCUT2D eigenvalue weighted by Crippen LogP contribution is -2.09. The summed E-state index contributed by atoms with van der Waals surface area (Å²) in [6.07, 6.45) is -4.67. The molecule has 0 atom stereocenters. The van der Waals surface area contributed by atoms with Crippen molar-refractivity contribution >= 4 is 22.6 Å². The van der Waals surface area contributed by atoms with E-state index in [1.54, 1.807) is 0 Å². The summed E-state index contributed by atoms with van der Waals surface area (Å²) in [4.78, 5) is 4.22. The first kappa shape index (κ1) is 15.7. The fraction of sp³-hybridized carbons (Fsp3) is 0.200. The maximum Gasteiger partial charge on any atom is 0.418 e. The highest BCUT2D eigenvalue weighted by atomic mass is 35.5. The molecule has 120 valence electrons. The van der Waals surface area contributed by atoms with Crippen molar-refractivity contribution in [3.8, 4) is 11.3 Å². The quantitative estimate of drug-likeness (QED) is 0.597. The number of hydrogen-bond acceptors (Lipinski definition) is 2. The van der Waals surface area contributed by atoms with Gasteiger partial charge in [-0.3, -0.25) is 4.68 Å². The normalized spacial score (nSPS) is 12.1. The molecule has 0 amide bonds. The number of rotatable bonds is 1. The molecule has 0 radical (unpaired) electrons. The van der Waals surface area contributed by atoms with Crippen molar-refractivity contribution in [3.05, 3.63) is 46.4 Å². The number of hydrogen-bond donors (Lipinski definition) is 0. The number of aromatic nitrogens is 3. The van der Waals surface area contributed by atoms with Crippen LogP contribution in [0.25, 0.3) is 22.3 Å². The molecule has 3 nitrogen and oxygen atoms in total. The minimum atomic E-state index is -4.67. The van der Waals surface area contributed by atoms with Crippen LogP contribution < -0.4 is 0 Å². The molecule has 3 rings (SSSR count). The average Bonchev–Trinajstić information content (AvgIpc) is 2.72. The van der Waals surface area contributed by atoms with Gasteiger partial charge in [0.1, 0.15) is 5.82 Å². The highest BCUT2D eigenvalue weighted by Gasteiger charge is 2.39. The Hall–Kier alpha value is -2.15. The van der Waals surface area contributed by atoms with E-state index in [1.165, 1.54) is 30.8 Å². The molecule has 23 heavy (non-hydrogen) atoms. The second kappa shape index (κ2) is 5.19. The van der Waals surface area contributed by atoms with Gasteiger partial charge < -0.3 is 0 Å². The predicted molar refractivity (Wildman–Crippen MR) is 78.7 cm³/mol. The summed E-state index contributed by atoms with van der Waals surface area (Å²) in [5.41, 5.74) is -0.486. The van der Waals surface area contributed by atoms with Crippen LogP contribution in [0.4, 0.5) is 17.6 Å². The van der Waals surface area contributed by atoms with Crippen LogP contribution in [0, 0.1) is 12.7 Å². The van der Waals surface area contributed by atoms with Crippen molar-refractivity contribution in [2.24, 2.45) is 7.05 Å². The fourth-order valence-electron chi connectivity index (χ4n) is 2.52.